The maximum atomic E-state index is 11.7. The van der Waals surface area contributed by atoms with Crippen LogP contribution in [0.5, 0.6) is 5.75 Å². The number of benzene rings is 1. The minimum absolute atomic E-state index is 0.0197. The molecule has 0 saturated carbocycles. The van der Waals surface area contributed by atoms with Gasteiger partial charge in [0.1, 0.15) is 23.7 Å². The van der Waals surface area contributed by atoms with E-state index >= 15 is 0 Å². The first-order chi connectivity index (χ1) is 11.6. The highest BCUT2D eigenvalue weighted by molar-refractivity contribution is 6.32. The first-order valence-electron chi connectivity index (χ1n) is 7.38. The van der Waals surface area contributed by atoms with Crippen molar-refractivity contribution in [3.63, 3.8) is 0 Å². The van der Waals surface area contributed by atoms with Crippen LogP contribution in [-0.2, 0) is 11.3 Å². The van der Waals surface area contributed by atoms with Gasteiger partial charge in [-0.15, -0.1) is 0 Å². The Hall–Kier alpha value is -2.67. The van der Waals surface area contributed by atoms with Crippen molar-refractivity contribution in [3.05, 3.63) is 46.9 Å². The molecular formula is C17H18ClNO6. The minimum atomic E-state index is -1.15. The largest absolute Gasteiger partial charge is 0.484 e. The van der Waals surface area contributed by atoms with Gasteiger partial charge in [0.2, 0.25) is 5.76 Å². The number of nitrogens with one attached hydrogen (secondary N) is 1. The maximum absolute atomic E-state index is 11.7. The summed E-state index contributed by atoms with van der Waals surface area (Å²) in [5, 5.41) is 11.6. The van der Waals surface area contributed by atoms with E-state index in [2.05, 4.69) is 5.32 Å². The number of ether oxygens (including phenoxy) is 2. The molecule has 0 fully saturated rings. The zero-order chi connectivity index (χ0) is 18.6. The summed E-state index contributed by atoms with van der Waals surface area (Å²) in [6.07, 6.45) is -0.589. The van der Waals surface area contributed by atoms with Crippen LogP contribution in [0.3, 0.4) is 0 Å². The quantitative estimate of drug-likeness (QED) is 0.804. The summed E-state index contributed by atoms with van der Waals surface area (Å²) >= 11 is 6.13. The van der Waals surface area contributed by atoms with Gasteiger partial charge in [-0.25, -0.2) is 9.59 Å². The topological polar surface area (TPSA) is 98.0 Å². The predicted octanol–water partition coefficient (Wildman–Crippen LogP) is 4.56. The van der Waals surface area contributed by atoms with Gasteiger partial charge in [0.05, 0.1) is 5.02 Å². The third-order valence-electron chi connectivity index (χ3n) is 2.82. The summed E-state index contributed by atoms with van der Waals surface area (Å²) in [6, 6.07) is 7.56. The fraction of sp³-hybridized carbons (Fsp3) is 0.294. The summed E-state index contributed by atoms with van der Waals surface area (Å²) < 4.78 is 15.7. The molecule has 2 rings (SSSR count). The van der Waals surface area contributed by atoms with E-state index in [4.69, 9.17) is 30.6 Å². The molecule has 25 heavy (non-hydrogen) atoms. The van der Waals surface area contributed by atoms with Crippen molar-refractivity contribution in [1.29, 1.82) is 0 Å². The maximum Gasteiger partial charge on any atom is 0.412 e. The van der Waals surface area contributed by atoms with Crippen LogP contribution in [0, 0.1) is 0 Å². The number of hydrogen-bond acceptors (Lipinski definition) is 5. The number of rotatable bonds is 5. The van der Waals surface area contributed by atoms with E-state index in [1.165, 1.54) is 18.2 Å². The lowest BCUT2D eigenvalue weighted by Gasteiger charge is -2.19. The van der Waals surface area contributed by atoms with Gasteiger partial charge in [-0.2, -0.15) is 0 Å². The number of aromatic carboxylic acids is 1. The van der Waals surface area contributed by atoms with Crippen molar-refractivity contribution in [2.24, 2.45) is 0 Å². The second-order valence-corrected chi connectivity index (χ2v) is 6.54. The number of hydrogen-bond donors (Lipinski definition) is 2. The van der Waals surface area contributed by atoms with Crippen LogP contribution >= 0.6 is 11.6 Å². The van der Waals surface area contributed by atoms with E-state index in [1.807, 2.05) is 0 Å². The number of furan rings is 1. The van der Waals surface area contributed by atoms with Gasteiger partial charge in [-0.05, 0) is 51.1 Å². The lowest BCUT2D eigenvalue weighted by molar-refractivity contribution is 0.0631. The van der Waals surface area contributed by atoms with Gasteiger partial charge < -0.3 is 19.0 Å². The van der Waals surface area contributed by atoms with Crippen LogP contribution in [0.15, 0.2) is 34.7 Å². The van der Waals surface area contributed by atoms with E-state index in [0.717, 1.165) is 0 Å². The Bertz CT molecular complexity index is 778. The number of carbonyl (C=O) groups is 2. The smallest absolute Gasteiger partial charge is 0.412 e. The number of carboxylic acid groups (broad SMARTS) is 1. The normalized spacial score (nSPS) is 11.0. The van der Waals surface area contributed by atoms with Crippen molar-refractivity contribution in [2.75, 3.05) is 5.32 Å². The van der Waals surface area contributed by atoms with Crippen LogP contribution in [0.2, 0.25) is 5.02 Å². The van der Waals surface area contributed by atoms with Crippen molar-refractivity contribution in [3.8, 4) is 5.75 Å². The van der Waals surface area contributed by atoms with E-state index in [-0.39, 0.29) is 17.4 Å². The third kappa shape index (κ3) is 5.72. The monoisotopic (exact) mass is 367 g/mol. The summed E-state index contributed by atoms with van der Waals surface area (Å²) in [4.78, 5) is 22.5. The molecular weight excluding hydrogens is 350 g/mol. The molecule has 1 heterocycles. The molecule has 0 aliphatic carbocycles. The molecule has 0 unspecified atom stereocenters. The van der Waals surface area contributed by atoms with Crippen molar-refractivity contribution in [2.45, 2.75) is 33.0 Å². The summed E-state index contributed by atoms with van der Waals surface area (Å²) in [5.74, 6) is -0.599. The molecule has 8 heteroatoms. The van der Waals surface area contributed by atoms with Crippen molar-refractivity contribution >= 4 is 29.4 Å². The molecule has 0 radical (unpaired) electrons. The summed E-state index contributed by atoms with van der Waals surface area (Å²) in [7, 11) is 0. The van der Waals surface area contributed by atoms with Gasteiger partial charge in [0, 0.05) is 5.69 Å². The van der Waals surface area contributed by atoms with E-state index in [1.54, 1.807) is 32.9 Å². The molecule has 0 aliphatic rings. The van der Waals surface area contributed by atoms with Crippen molar-refractivity contribution < 1.29 is 28.6 Å². The van der Waals surface area contributed by atoms with Crippen LogP contribution in [0.25, 0.3) is 0 Å². The Kier molecular flexibility index (Phi) is 5.58. The molecule has 1 aromatic carbocycles. The number of carbonyl (C=O) groups excluding carboxylic acids is 1. The molecule has 0 saturated heterocycles. The molecule has 134 valence electrons. The van der Waals surface area contributed by atoms with Gasteiger partial charge in [-0.3, -0.25) is 5.32 Å². The number of carboxylic acids is 1. The van der Waals surface area contributed by atoms with E-state index in [0.29, 0.717) is 17.2 Å². The SMILES string of the molecule is CC(C)(C)OC(=O)Nc1ccc(OCc2ccc(C(=O)O)o2)c(Cl)c1. The number of amides is 1. The Morgan fingerprint density at radius 3 is 2.52 bits per heavy atom. The molecule has 1 amide bonds. The third-order valence-corrected chi connectivity index (χ3v) is 3.11. The van der Waals surface area contributed by atoms with Crippen LogP contribution in [-0.4, -0.2) is 22.8 Å². The van der Waals surface area contributed by atoms with Gasteiger partial charge in [-0.1, -0.05) is 11.6 Å². The van der Waals surface area contributed by atoms with Crippen LogP contribution in [0.1, 0.15) is 37.1 Å². The molecule has 2 N–H and O–H groups in total. The molecule has 0 spiro atoms. The zero-order valence-corrected chi connectivity index (χ0v) is 14.7. The first kappa shape index (κ1) is 18.7. The van der Waals surface area contributed by atoms with Gasteiger partial charge >= 0.3 is 12.1 Å². The molecule has 0 aliphatic heterocycles. The summed E-state index contributed by atoms with van der Waals surface area (Å²) in [5.41, 5.74) is -0.146. The van der Waals surface area contributed by atoms with Crippen LogP contribution < -0.4 is 10.1 Å². The van der Waals surface area contributed by atoms with Gasteiger partial charge in [0.25, 0.3) is 0 Å². The Labute approximate surface area is 149 Å². The second-order valence-electron chi connectivity index (χ2n) is 6.13. The fourth-order valence-electron chi connectivity index (χ4n) is 1.84. The zero-order valence-electron chi connectivity index (χ0n) is 14.0. The van der Waals surface area contributed by atoms with Crippen LogP contribution in [0.4, 0.5) is 10.5 Å². The molecule has 1 aromatic heterocycles. The molecule has 0 bridgehead atoms. The molecule has 7 nitrogen and oxygen atoms in total. The fourth-order valence-corrected chi connectivity index (χ4v) is 2.07. The highest BCUT2D eigenvalue weighted by atomic mass is 35.5. The lowest BCUT2D eigenvalue weighted by atomic mass is 10.2. The first-order valence-corrected chi connectivity index (χ1v) is 7.76. The second kappa shape index (κ2) is 7.48. The average molecular weight is 368 g/mol. The molecule has 2 aromatic rings. The number of anilines is 1. The van der Waals surface area contributed by atoms with Gasteiger partial charge in [0.15, 0.2) is 0 Å². The highest BCUT2D eigenvalue weighted by Gasteiger charge is 2.16. The lowest BCUT2D eigenvalue weighted by Crippen LogP contribution is -2.27. The Morgan fingerprint density at radius 1 is 1.24 bits per heavy atom. The van der Waals surface area contributed by atoms with E-state index in [9.17, 15) is 9.59 Å². The average Bonchev–Trinajstić information content (AvgIpc) is 2.93. The minimum Gasteiger partial charge on any atom is -0.484 e. The predicted molar refractivity (Wildman–Crippen MR) is 91.3 cm³/mol. The number of halogens is 1. The Morgan fingerprint density at radius 2 is 1.96 bits per heavy atom. The highest BCUT2D eigenvalue weighted by Crippen LogP contribution is 2.29. The van der Waals surface area contributed by atoms with E-state index < -0.39 is 17.7 Å². The summed E-state index contributed by atoms with van der Waals surface area (Å²) in [6.45, 7) is 5.31. The standard InChI is InChI=1S/C17H18ClNO6/c1-17(2,3)25-16(22)19-10-4-6-13(12(18)8-10)23-9-11-5-7-14(24-11)15(20)21/h4-8H,9H2,1-3H3,(H,19,22)(H,20,21). The van der Waals surface area contributed by atoms with Crippen molar-refractivity contribution in [1.82, 2.24) is 0 Å². The molecule has 0 atom stereocenters. The Balaban J connectivity index is 1.96.